The highest BCUT2D eigenvalue weighted by Gasteiger charge is 2.36. The quantitative estimate of drug-likeness (QED) is 0.0892. The van der Waals surface area contributed by atoms with Crippen molar-refractivity contribution in [3.05, 3.63) is 71.0 Å². The average molecular weight is 672 g/mol. The van der Waals surface area contributed by atoms with Crippen molar-refractivity contribution in [2.24, 2.45) is 0 Å². The third-order valence-corrected chi connectivity index (χ3v) is 8.61. The molecule has 0 saturated heterocycles. The Morgan fingerprint density at radius 1 is 0.809 bits per heavy atom. The maximum atomic E-state index is 13.3. The zero-order chi connectivity index (χ0) is 34.4. The first kappa shape index (κ1) is 37.4. The molecule has 0 atom stereocenters. The van der Waals surface area contributed by atoms with E-state index in [1.54, 1.807) is 38.2 Å². The number of esters is 2. The van der Waals surface area contributed by atoms with Crippen LogP contribution in [-0.2, 0) is 34.0 Å². The molecule has 1 aromatic rings. The fourth-order valence-electron chi connectivity index (χ4n) is 5.44. The summed E-state index contributed by atoms with van der Waals surface area (Å²) >= 11 is 0. The normalized spacial score (nSPS) is 14.4. The van der Waals surface area contributed by atoms with Crippen LogP contribution in [0.3, 0.4) is 0 Å². The number of rotatable bonds is 19. The van der Waals surface area contributed by atoms with E-state index in [0.717, 1.165) is 30.8 Å². The van der Waals surface area contributed by atoms with Crippen LogP contribution in [0.5, 0.6) is 0 Å². The molecule has 0 unspecified atom stereocenters. The van der Waals surface area contributed by atoms with Crippen LogP contribution >= 0.6 is 0 Å². The molecular weight excluding hydrogens is 624 g/mol. The highest BCUT2D eigenvalue weighted by molar-refractivity contribution is 7.85. The molecule has 0 radical (unpaired) electrons. The summed E-state index contributed by atoms with van der Waals surface area (Å²) in [6.45, 7) is 8.62. The van der Waals surface area contributed by atoms with Gasteiger partial charge in [0.2, 0.25) is 5.78 Å². The van der Waals surface area contributed by atoms with Crippen molar-refractivity contribution in [1.82, 2.24) is 0 Å². The Hall–Kier alpha value is -4.03. The Bertz CT molecular complexity index is 1530. The largest absolute Gasteiger partial charge is 0.506 e. The molecule has 256 valence electrons. The predicted molar refractivity (Wildman–Crippen MR) is 181 cm³/mol. The van der Waals surface area contributed by atoms with Gasteiger partial charge in [-0.1, -0.05) is 25.5 Å². The molecular formula is C35H47N2O9S+. The lowest BCUT2D eigenvalue weighted by molar-refractivity contribution is -0.526. The topological polar surface area (TPSA) is 151 Å². The summed E-state index contributed by atoms with van der Waals surface area (Å²) < 4.78 is 43.5. The summed E-state index contributed by atoms with van der Waals surface area (Å²) in [5, 5.41) is 11.0. The second-order valence-corrected chi connectivity index (χ2v) is 12.9. The third-order valence-electron chi connectivity index (χ3n) is 7.81. The number of Topliss-reactive ketones (excluding diaryl/α,β-unsaturated/α-hetero) is 1. The standard InChI is InChI=1S/C35H46N2O9S/c1-4-7-21-36(22-8-11-30(38)45-5-2)28-17-13-26(14-18-28)32-34(40)33(35(32)41)27-15-19-29(20-16-27)37(24-10-25-47(42,43)44)23-9-12-31(39)46-6-3/h13-20H,4-12,21-25H2,1-3H3,(H-,40,41,42,43,44)/p+1. The number of ketones is 1. The Morgan fingerprint density at radius 2 is 1.38 bits per heavy atom. The lowest BCUT2D eigenvalue weighted by Crippen LogP contribution is -2.27. The predicted octanol–water partition coefficient (Wildman–Crippen LogP) is 4.99. The number of benzene rings is 1. The molecule has 2 aliphatic carbocycles. The Morgan fingerprint density at radius 3 is 1.94 bits per heavy atom. The van der Waals surface area contributed by atoms with Gasteiger partial charge in [0.1, 0.15) is 18.8 Å². The maximum Gasteiger partial charge on any atom is 0.306 e. The van der Waals surface area contributed by atoms with E-state index in [9.17, 15) is 27.9 Å². The second kappa shape index (κ2) is 18.3. The lowest BCUT2D eigenvalue weighted by atomic mass is 9.80. The highest BCUT2D eigenvalue weighted by Crippen LogP contribution is 2.39. The van der Waals surface area contributed by atoms with Crippen LogP contribution in [-0.4, -0.2) is 91.2 Å². The summed E-state index contributed by atoms with van der Waals surface area (Å²) in [5.41, 5.74) is 3.36. The summed E-state index contributed by atoms with van der Waals surface area (Å²) in [5.74, 6) is -1.24. The van der Waals surface area contributed by atoms with Gasteiger partial charge in [0.25, 0.3) is 10.1 Å². The molecule has 0 amide bonds. The number of aliphatic hydroxyl groups is 1. The van der Waals surface area contributed by atoms with Gasteiger partial charge < -0.3 is 19.5 Å². The van der Waals surface area contributed by atoms with Gasteiger partial charge in [-0.3, -0.25) is 18.9 Å². The van der Waals surface area contributed by atoms with Gasteiger partial charge in [-0.15, -0.1) is 0 Å². The van der Waals surface area contributed by atoms with Gasteiger partial charge in [-0.05, 0) is 62.1 Å². The molecule has 47 heavy (non-hydrogen) atoms. The zero-order valence-electron chi connectivity index (χ0n) is 27.6. The number of allylic oxidation sites excluding steroid dienone is 7. The van der Waals surface area contributed by atoms with Crippen LogP contribution in [0.1, 0.15) is 71.3 Å². The van der Waals surface area contributed by atoms with Crippen molar-refractivity contribution < 1.29 is 46.5 Å². The number of anilines is 1. The first-order chi connectivity index (χ1) is 22.5. The van der Waals surface area contributed by atoms with Gasteiger partial charge in [-0.2, -0.15) is 8.42 Å². The number of carbonyl (C=O) groups is 3. The monoisotopic (exact) mass is 671 g/mol. The number of carbonyl (C=O) groups excluding carboxylic acids is 3. The molecule has 3 rings (SSSR count). The second-order valence-electron chi connectivity index (χ2n) is 11.3. The first-order valence-corrected chi connectivity index (χ1v) is 17.9. The van der Waals surface area contributed by atoms with Crippen molar-refractivity contribution in [3.8, 4) is 0 Å². The van der Waals surface area contributed by atoms with Gasteiger partial charge in [-0.25, -0.2) is 4.58 Å². The summed E-state index contributed by atoms with van der Waals surface area (Å²) in [6, 6.07) is 7.50. The molecule has 0 saturated carbocycles. The number of nitrogens with zero attached hydrogens (tertiary/aromatic N) is 2. The molecule has 0 aromatic heterocycles. The summed E-state index contributed by atoms with van der Waals surface area (Å²) in [7, 11) is -4.11. The van der Waals surface area contributed by atoms with Crippen LogP contribution in [0.15, 0.2) is 65.5 Å². The van der Waals surface area contributed by atoms with Gasteiger partial charge in [0.05, 0.1) is 36.5 Å². The molecule has 0 heterocycles. The van der Waals surface area contributed by atoms with Crippen LogP contribution < -0.4 is 4.90 Å². The maximum absolute atomic E-state index is 13.3. The van der Waals surface area contributed by atoms with Crippen LogP contribution in [0.2, 0.25) is 0 Å². The Kier molecular flexibility index (Phi) is 14.6. The van der Waals surface area contributed by atoms with Crippen molar-refractivity contribution in [2.75, 3.05) is 50.0 Å². The van der Waals surface area contributed by atoms with Crippen molar-refractivity contribution in [1.29, 1.82) is 0 Å². The molecule has 1 aromatic carbocycles. The average Bonchev–Trinajstić information content (AvgIpc) is 3.02. The summed E-state index contributed by atoms with van der Waals surface area (Å²) in [6.07, 6.45) is 10.9. The molecule has 11 nitrogen and oxygen atoms in total. The highest BCUT2D eigenvalue weighted by atomic mass is 32.2. The van der Waals surface area contributed by atoms with E-state index in [4.69, 9.17) is 14.0 Å². The van der Waals surface area contributed by atoms with E-state index < -0.39 is 10.1 Å². The van der Waals surface area contributed by atoms with Crippen molar-refractivity contribution in [3.63, 3.8) is 0 Å². The van der Waals surface area contributed by atoms with E-state index in [1.165, 1.54) is 0 Å². The minimum Gasteiger partial charge on any atom is -0.506 e. The Labute approximate surface area is 277 Å². The fraction of sp³-hybridized carbons (Fsp3) is 0.486. The van der Waals surface area contributed by atoms with Crippen LogP contribution in [0.25, 0.3) is 5.57 Å². The number of unbranched alkanes of at least 4 members (excludes halogenated alkanes) is 1. The van der Waals surface area contributed by atoms with E-state index >= 15 is 0 Å². The minimum absolute atomic E-state index is 0.0766. The number of aliphatic hydroxyl groups excluding tert-OH is 1. The molecule has 2 N–H and O–H groups in total. The van der Waals surface area contributed by atoms with Gasteiger partial charge in [0, 0.05) is 50.2 Å². The van der Waals surface area contributed by atoms with Crippen LogP contribution in [0.4, 0.5) is 5.69 Å². The molecule has 12 heteroatoms. The molecule has 2 aliphatic rings. The SMILES string of the molecule is CCCCN(CCCC(=O)OCC)c1ccc(C2=C(O)C(=C3C=CC(=[N+](CCCC(=O)OCC)CCCS(=O)(=O)O)C=C3)C2=O)cc1. The number of hydrogen-bond acceptors (Lipinski definition) is 9. The Balaban J connectivity index is 1.75. The number of ether oxygens (including phenoxy) is 2. The van der Waals surface area contributed by atoms with E-state index in [2.05, 4.69) is 11.8 Å². The van der Waals surface area contributed by atoms with E-state index in [-0.39, 0.29) is 53.2 Å². The van der Waals surface area contributed by atoms with Crippen molar-refractivity contribution in [2.45, 2.75) is 65.7 Å². The number of hydrogen-bond donors (Lipinski definition) is 2. The molecule has 0 fully saturated rings. The van der Waals surface area contributed by atoms with E-state index in [1.807, 2.05) is 28.8 Å². The van der Waals surface area contributed by atoms with Crippen LogP contribution in [0, 0.1) is 0 Å². The minimum atomic E-state index is -4.11. The molecule has 0 bridgehead atoms. The van der Waals surface area contributed by atoms with Gasteiger partial charge in [0.15, 0.2) is 5.71 Å². The van der Waals surface area contributed by atoms with Crippen molar-refractivity contribution >= 4 is 44.8 Å². The summed E-state index contributed by atoms with van der Waals surface area (Å²) in [4.78, 5) is 39.0. The first-order valence-electron chi connectivity index (χ1n) is 16.3. The lowest BCUT2D eigenvalue weighted by Gasteiger charge is -2.26. The third kappa shape index (κ3) is 11.3. The smallest absolute Gasteiger partial charge is 0.306 e. The van der Waals surface area contributed by atoms with Gasteiger partial charge >= 0.3 is 11.9 Å². The molecule has 0 spiro atoms. The molecule has 0 aliphatic heterocycles. The van der Waals surface area contributed by atoms with E-state index in [0.29, 0.717) is 63.2 Å². The fourth-order valence-corrected chi connectivity index (χ4v) is 5.93. The zero-order valence-corrected chi connectivity index (χ0v) is 28.4.